The highest BCUT2D eigenvalue weighted by Crippen LogP contribution is 2.44. The molecule has 1 fully saturated rings. The van der Waals surface area contributed by atoms with Gasteiger partial charge in [-0.15, -0.1) is 0 Å². The summed E-state index contributed by atoms with van der Waals surface area (Å²) in [6.07, 6.45) is 1.17. The van der Waals surface area contributed by atoms with E-state index < -0.39 is 11.1 Å². The van der Waals surface area contributed by atoms with Gasteiger partial charge in [-0.25, -0.2) is 0 Å². The van der Waals surface area contributed by atoms with Gasteiger partial charge in [0.25, 0.3) is 0 Å². The molecule has 4 rings (SSSR count). The summed E-state index contributed by atoms with van der Waals surface area (Å²) >= 11 is 0. The maximum absolute atomic E-state index is 11.3. The first-order valence-electron chi connectivity index (χ1n) is 6.23. The normalized spacial score (nSPS) is 25.3. The number of hydrogen-bond donors (Lipinski definition) is 3. The largest absolute Gasteiger partial charge is 0.316 e. The highest BCUT2D eigenvalue weighted by molar-refractivity contribution is 5.77. The van der Waals surface area contributed by atoms with Crippen molar-refractivity contribution >= 4 is 11.0 Å². The molecule has 3 N–H and O–H groups in total. The number of hydrogen-bond acceptors (Lipinski definition) is 3. The van der Waals surface area contributed by atoms with E-state index in [9.17, 15) is 9.59 Å². The van der Waals surface area contributed by atoms with Gasteiger partial charge in [0.1, 0.15) is 0 Å². The van der Waals surface area contributed by atoms with Crippen LogP contribution >= 0.6 is 0 Å². The van der Waals surface area contributed by atoms with E-state index in [-0.39, 0.29) is 0 Å². The smallest absolute Gasteiger partial charge is 0.314 e. The predicted octanol–water partition coefficient (Wildman–Crippen LogP) is 0.390. The Morgan fingerprint density at radius 2 is 1.39 bits per heavy atom. The van der Waals surface area contributed by atoms with E-state index in [4.69, 9.17) is 0 Å². The molecule has 2 heterocycles. The molecule has 0 radical (unpaired) electrons. The van der Waals surface area contributed by atoms with Crippen LogP contribution in [0.4, 0.5) is 0 Å². The molecule has 1 aliphatic carbocycles. The van der Waals surface area contributed by atoms with Gasteiger partial charge >= 0.3 is 11.1 Å². The van der Waals surface area contributed by atoms with Crippen LogP contribution in [-0.4, -0.2) is 23.1 Å². The second kappa shape index (κ2) is 3.32. The minimum atomic E-state index is -0.582. The number of rotatable bonds is 0. The van der Waals surface area contributed by atoms with Gasteiger partial charge in [-0.1, -0.05) is 0 Å². The molecule has 0 saturated carbocycles. The Kier molecular flexibility index (Phi) is 1.86. The zero-order valence-electron chi connectivity index (χ0n) is 9.75. The molecule has 1 aromatic heterocycles. The van der Waals surface area contributed by atoms with Gasteiger partial charge in [0.2, 0.25) is 0 Å². The van der Waals surface area contributed by atoms with Crippen LogP contribution < -0.4 is 16.4 Å². The van der Waals surface area contributed by atoms with Crippen LogP contribution in [0.15, 0.2) is 21.7 Å². The van der Waals surface area contributed by atoms with Crippen molar-refractivity contribution in [3.63, 3.8) is 0 Å². The average molecular weight is 243 g/mol. The van der Waals surface area contributed by atoms with E-state index in [0.29, 0.717) is 11.8 Å². The minimum Gasteiger partial charge on any atom is -0.316 e. The zero-order valence-corrected chi connectivity index (χ0v) is 9.75. The monoisotopic (exact) mass is 243 g/mol. The van der Waals surface area contributed by atoms with Gasteiger partial charge in [-0.2, -0.15) is 0 Å². The van der Waals surface area contributed by atoms with Gasteiger partial charge in [-0.05, 0) is 41.5 Å². The average Bonchev–Trinajstić information content (AvgIpc) is 2.61. The molecule has 2 bridgehead atoms. The van der Waals surface area contributed by atoms with Crippen LogP contribution in [0.1, 0.15) is 29.4 Å². The van der Waals surface area contributed by atoms with E-state index >= 15 is 0 Å². The summed E-state index contributed by atoms with van der Waals surface area (Å²) in [4.78, 5) is 28.0. The lowest BCUT2D eigenvalue weighted by molar-refractivity contribution is 0.454. The Balaban J connectivity index is 2.05. The topological polar surface area (TPSA) is 77.8 Å². The number of fused-ring (bicyclic) bond motifs is 6. The maximum atomic E-state index is 11.3. The molecule has 5 nitrogen and oxygen atoms in total. The first kappa shape index (κ1) is 10.1. The number of aromatic amines is 2. The molecule has 18 heavy (non-hydrogen) atoms. The molecule has 2 aliphatic rings. The predicted molar refractivity (Wildman–Crippen MR) is 68.2 cm³/mol. The van der Waals surface area contributed by atoms with Crippen molar-refractivity contribution in [3.05, 3.63) is 44.0 Å². The van der Waals surface area contributed by atoms with Crippen LogP contribution in [0.3, 0.4) is 0 Å². The van der Waals surface area contributed by atoms with E-state index in [0.717, 1.165) is 24.1 Å². The van der Waals surface area contributed by atoms with Gasteiger partial charge in [0.05, 0.1) is 11.0 Å². The molecule has 1 aromatic carbocycles. The molecule has 1 aliphatic heterocycles. The van der Waals surface area contributed by atoms with E-state index in [1.807, 2.05) is 12.1 Å². The lowest BCUT2D eigenvalue weighted by Crippen LogP contribution is -2.29. The molecule has 1 saturated heterocycles. The van der Waals surface area contributed by atoms with E-state index in [1.165, 1.54) is 17.5 Å². The third-order valence-electron chi connectivity index (χ3n) is 4.16. The molecule has 5 heteroatoms. The van der Waals surface area contributed by atoms with Crippen LogP contribution in [0, 0.1) is 0 Å². The quantitative estimate of drug-likeness (QED) is 0.586. The molecule has 0 amide bonds. The molecule has 0 unspecified atom stereocenters. The fraction of sp³-hybridized carbons (Fsp3) is 0.385. The van der Waals surface area contributed by atoms with Crippen molar-refractivity contribution < 1.29 is 0 Å². The first-order chi connectivity index (χ1) is 8.72. The van der Waals surface area contributed by atoms with Crippen LogP contribution in [0.25, 0.3) is 11.0 Å². The van der Waals surface area contributed by atoms with Crippen molar-refractivity contribution in [3.8, 4) is 0 Å². The Morgan fingerprint density at radius 3 is 1.89 bits per heavy atom. The second-order valence-corrected chi connectivity index (χ2v) is 5.22. The van der Waals surface area contributed by atoms with Crippen molar-refractivity contribution in [1.82, 2.24) is 15.3 Å². The summed E-state index contributed by atoms with van der Waals surface area (Å²) in [5, 5.41) is 3.43. The van der Waals surface area contributed by atoms with Gasteiger partial charge in [-0.3, -0.25) is 9.59 Å². The summed E-state index contributed by atoms with van der Waals surface area (Å²) in [6.45, 7) is 2.01. The third kappa shape index (κ3) is 1.25. The second-order valence-electron chi connectivity index (χ2n) is 5.22. The molecule has 2 atom stereocenters. The standard InChI is InChI=1S/C13H13N3O2/c17-12-13(18)16-11-3-9-7-1-6(4-14-5-7)8(9)2-10(11)15-12/h2-3,6-7,14H,1,4-5H2,(H,15,17)(H,16,18)/t6-,7+. The summed E-state index contributed by atoms with van der Waals surface area (Å²) in [6, 6.07) is 4.05. The number of benzene rings is 1. The van der Waals surface area contributed by atoms with Crippen molar-refractivity contribution in [2.45, 2.75) is 18.3 Å². The maximum Gasteiger partial charge on any atom is 0.314 e. The lowest BCUT2D eigenvalue weighted by atomic mass is 9.98. The zero-order chi connectivity index (χ0) is 12.3. The highest BCUT2D eigenvalue weighted by Gasteiger charge is 2.34. The number of piperidine rings is 1. The lowest BCUT2D eigenvalue weighted by Gasteiger charge is -2.19. The van der Waals surface area contributed by atoms with Crippen LogP contribution in [-0.2, 0) is 0 Å². The van der Waals surface area contributed by atoms with Crippen molar-refractivity contribution in [2.75, 3.05) is 13.1 Å². The fourth-order valence-electron chi connectivity index (χ4n) is 3.32. The molecular formula is C13H13N3O2. The highest BCUT2D eigenvalue weighted by atomic mass is 16.2. The van der Waals surface area contributed by atoms with E-state index in [2.05, 4.69) is 15.3 Å². The van der Waals surface area contributed by atoms with Gasteiger partial charge in [0.15, 0.2) is 0 Å². The summed E-state index contributed by atoms with van der Waals surface area (Å²) in [5.41, 5.74) is 2.93. The van der Waals surface area contributed by atoms with E-state index in [1.54, 1.807) is 0 Å². The molecule has 0 spiro atoms. The number of aromatic nitrogens is 2. The fourth-order valence-corrected chi connectivity index (χ4v) is 3.32. The van der Waals surface area contributed by atoms with Crippen molar-refractivity contribution in [2.24, 2.45) is 0 Å². The van der Waals surface area contributed by atoms with Crippen molar-refractivity contribution in [1.29, 1.82) is 0 Å². The Morgan fingerprint density at radius 1 is 0.889 bits per heavy atom. The number of H-pyrrole nitrogens is 2. The Bertz CT molecular complexity index is 696. The minimum absolute atomic E-state index is 0.540. The summed E-state index contributed by atoms with van der Waals surface area (Å²) in [5.74, 6) is 1.08. The number of nitrogens with one attached hydrogen (secondary N) is 3. The first-order valence-corrected chi connectivity index (χ1v) is 6.23. The van der Waals surface area contributed by atoms with Gasteiger partial charge in [0, 0.05) is 13.1 Å². The summed E-state index contributed by atoms with van der Waals surface area (Å²) < 4.78 is 0. The third-order valence-corrected chi connectivity index (χ3v) is 4.16. The Hall–Kier alpha value is -1.88. The molecular weight excluding hydrogens is 230 g/mol. The SMILES string of the molecule is O=c1[nH]c2cc3c(cc2[nH]c1=O)[C@H]1CNC[C@@H]3C1. The Labute approximate surface area is 102 Å². The molecule has 92 valence electrons. The van der Waals surface area contributed by atoms with Crippen LogP contribution in [0.5, 0.6) is 0 Å². The van der Waals surface area contributed by atoms with Crippen LogP contribution in [0.2, 0.25) is 0 Å². The summed E-state index contributed by atoms with van der Waals surface area (Å²) in [7, 11) is 0. The molecule has 2 aromatic rings. The van der Waals surface area contributed by atoms with Gasteiger partial charge < -0.3 is 15.3 Å².